The van der Waals surface area contributed by atoms with Gasteiger partial charge in [-0.05, 0) is 30.3 Å². The molecule has 0 saturated heterocycles. The van der Waals surface area contributed by atoms with Gasteiger partial charge >= 0.3 is 0 Å². The van der Waals surface area contributed by atoms with Crippen LogP contribution < -0.4 is 0 Å². The average Bonchev–Trinajstić information content (AvgIpc) is 3.33. The number of H-pyrrole nitrogens is 2. The summed E-state index contributed by atoms with van der Waals surface area (Å²) in [5.74, 6) is -0.961. The van der Waals surface area contributed by atoms with Crippen LogP contribution in [0.15, 0.2) is 36.4 Å². The Morgan fingerprint density at radius 2 is 2.00 bits per heavy atom. The van der Waals surface area contributed by atoms with E-state index < -0.39 is 0 Å². The summed E-state index contributed by atoms with van der Waals surface area (Å²) in [4.78, 5) is 17.8. The van der Waals surface area contributed by atoms with Gasteiger partial charge in [-0.2, -0.15) is 5.10 Å². The third kappa shape index (κ3) is 2.96. The number of nitrogens with one attached hydrogen (secondary N) is 2. The highest BCUT2D eigenvalue weighted by Gasteiger charge is 2.28. The molecule has 0 aliphatic carbocycles. The highest BCUT2D eigenvalue weighted by molar-refractivity contribution is 6.32. The smallest absolute Gasteiger partial charge is 0.270 e. The molecule has 0 unspecified atom stereocenters. The summed E-state index contributed by atoms with van der Waals surface area (Å²) in [6.07, 6.45) is 0.565. The summed E-state index contributed by atoms with van der Waals surface area (Å²) < 4.78 is 13.5. The molecule has 0 radical (unpaired) electrons. The number of hydrogen-bond donors (Lipinski definition) is 4. The van der Waals surface area contributed by atoms with Gasteiger partial charge in [-0.1, -0.05) is 11.6 Å². The minimum absolute atomic E-state index is 0.0913. The summed E-state index contributed by atoms with van der Waals surface area (Å²) in [5.41, 5.74) is 3.54. The molecule has 2 aromatic heterocycles. The zero-order chi connectivity index (χ0) is 21.0. The Kier molecular flexibility index (Phi) is 4.18. The van der Waals surface area contributed by atoms with E-state index in [0.29, 0.717) is 40.8 Å². The zero-order valence-electron chi connectivity index (χ0n) is 15.5. The lowest BCUT2D eigenvalue weighted by Gasteiger charge is -2.27. The minimum Gasteiger partial charge on any atom is -0.507 e. The van der Waals surface area contributed by atoms with Crippen molar-refractivity contribution in [1.29, 1.82) is 0 Å². The van der Waals surface area contributed by atoms with Crippen LogP contribution in [0.3, 0.4) is 0 Å². The van der Waals surface area contributed by atoms with Crippen molar-refractivity contribution in [3.8, 4) is 22.8 Å². The van der Waals surface area contributed by atoms with Gasteiger partial charge in [0.15, 0.2) is 0 Å². The largest absolute Gasteiger partial charge is 0.507 e. The molecule has 0 fully saturated rings. The molecule has 1 aliphatic heterocycles. The number of amides is 1. The van der Waals surface area contributed by atoms with Gasteiger partial charge in [-0.15, -0.1) is 0 Å². The molecule has 1 aliphatic rings. The van der Waals surface area contributed by atoms with E-state index in [0.717, 1.165) is 17.3 Å². The van der Waals surface area contributed by atoms with Crippen LogP contribution in [-0.2, 0) is 13.0 Å². The van der Waals surface area contributed by atoms with Crippen molar-refractivity contribution in [3.63, 3.8) is 0 Å². The average molecular weight is 427 g/mol. The number of rotatable bonds is 2. The van der Waals surface area contributed by atoms with Crippen LogP contribution in [0.1, 0.15) is 21.7 Å². The number of nitrogens with zero attached hydrogens (tertiary/aromatic N) is 2. The second-order valence-electron chi connectivity index (χ2n) is 7.24. The van der Waals surface area contributed by atoms with Gasteiger partial charge in [-0.3, -0.25) is 9.89 Å². The first-order chi connectivity index (χ1) is 14.4. The maximum atomic E-state index is 13.5. The molecule has 0 spiro atoms. The van der Waals surface area contributed by atoms with E-state index in [1.807, 2.05) is 0 Å². The molecule has 0 saturated carbocycles. The quantitative estimate of drug-likeness (QED) is 0.389. The molecule has 4 aromatic rings. The van der Waals surface area contributed by atoms with Crippen molar-refractivity contribution in [2.75, 3.05) is 6.54 Å². The van der Waals surface area contributed by atoms with Crippen LogP contribution in [0.4, 0.5) is 4.39 Å². The number of hydrogen-bond acceptors (Lipinski definition) is 4. The third-order valence-corrected chi connectivity index (χ3v) is 5.66. The molecule has 1 amide bonds. The fraction of sp³-hybridized carbons (Fsp3) is 0.143. The number of phenols is 2. The lowest BCUT2D eigenvalue weighted by molar-refractivity contribution is 0.0729. The van der Waals surface area contributed by atoms with E-state index in [9.17, 15) is 19.4 Å². The van der Waals surface area contributed by atoms with Crippen molar-refractivity contribution < 1.29 is 19.4 Å². The summed E-state index contributed by atoms with van der Waals surface area (Å²) in [6, 6.07) is 8.55. The predicted molar refractivity (Wildman–Crippen MR) is 109 cm³/mol. The molecule has 3 heterocycles. The topological polar surface area (TPSA) is 105 Å². The van der Waals surface area contributed by atoms with Gasteiger partial charge in [0, 0.05) is 46.8 Å². The van der Waals surface area contributed by atoms with E-state index >= 15 is 0 Å². The second-order valence-corrected chi connectivity index (χ2v) is 7.65. The molecule has 152 valence electrons. The normalized spacial score (nSPS) is 13.6. The molecular formula is C21H16ClFN4O3. The van der Waals surface area contributed by atoms with Crippen molar-refractivity contribution in [2.45, 2.75) is 13.0 Å². The number of carbonyl (C=O) groups is 1. The number of aromatic amines is 2. The van der Waals surface area contributed by atoms with Crippen molar-refractivity contribution in [2.24, 2.45) is 0 Å². The number of carbonyl (C=O) groups excluding carboxylic acids is 1. The first-order valence-corrected chi connectivity index (χ1v) is 9.64. The molecule has 0 atom stereocenters. The van der Waals surface area contributed by atoms with Crippen molar-refractivity contribution in [1.82, 2.24) is 20.1 Å². The van der Waals surface area contributed by atoms with Gasteiger partial charge in [-0.25, -0.2) is 4.39 Å². The van der Waals surface area contributed by atoms with Crippen LogP contribution in [0, 0.1) is 5.82 Å². The van der Waals surface area contributed by atoms with Gasteiger partial charge in [0.2, 0.25) is 0 Å². The number of phenolic OH excluding ortho intramolecular Hbond substituents is 2. The molecule has 4 N–H and O–H groups in total. The maximum absolute atomic E-state index is 13.5. The molecule has 5 rings (SSSR count). The number of fused-ring (bicyclic) bond motifs is 2. The molecule has 0 bridgehead atoms. The zero-order valence-corrected chi connectivity index (χ0v) is 16.3. The van der Waals surface area contributed by atoms with E-state index in [1.54, 1.807) is 17.0 Å². The summed E-state index contributed by atoms with van der Waals surface area (Å²) in [5, 5.41) is 27.9. The van der Waals surface area contributed by atoms with Gasteiger partial charge in [0.1, 0.15) is 28.7 Å². The first kappa shape index (κ1) is 18.5. The monoisotopic (exact) mass is 426 g/mol. The Hall–Kier alpha value is -3.52. The fourth-order valence-electron chi connectivity index (χ4n) is 3.82. The third-order valence-electron chi connectivity index (χ3n) is 5.35. The van der Waals surface area contributed by atoms with E-state index in [1.165, 1.54) is 18.2 Å². The van der Waals surface area contributed by atoms with Crippen LogP contribution in [0.25, 0.3) is 22.2 Å². The summed E-state index contributed by atoms with van der Waals surface area (Å²) in [7, 11) is 0. The van der Waals surface area contributed by atoms with E-state index in [2.05, 4.69) is 15.2 Å². The molecule has 7 nitrogen and oxygen atoms in total. The molecule has 30 heavy (non-hydrogen) atoms. The number of halogens is 2. The Morgan fingerprint density at radius 1 is 1.17 bits per heavy atom. The predicted octanol–water partition coefficient (Wildman–Crippen LogP) is 3.96. The van der Waals surface area contributed by atoms with Crippen molar-refractivity contribution in [3.05, 3.63) is 64.2 Å². The Balaban J connectivity index is 1.48. The molecule has 9 heteroatoms. The Morgan fingerprint density at radius 3 is 2.83 bits per heavy atom. The minimum atomic E-state index is -0.362. The number of aromatic nitrogens is 3. The summed E-state index contributed by atoms with van der Waals surface area (Å²) in [6.45, 7) is 0.765. The highest BCUT2D eigenvalue weighted by Crippen LogP contribution is 2.39. The van der Waals surface area contributed by atoms with Gasteiger partial charge in [0.05, 0.1) is 11.6 Å². The van der Waals surface area contributed by atoms with E-state index in [-0.39, 0.29) is 34.8 Å². The Labute approximate surface area is 174 Å². The van der Waals surface area contributed by atoms with Crippen LogP contribution in [0.2, 0.25) is 5.02 Å². The standard InChI is InChI=1S/C21H16ClFN4O3/c22-14-7-12(18(28)8-19(14)29)20-13-9-27(4-3-16(13)25-26-20)21(30)17-6-10-5-11(23)1-2-15(10)24-17/h1-2,5-8,24,28-29H,3-4,9H2,(H,25,26). The SMILES string of the molecule is O=C(c1cc2cc(F)ccc2[nH]1)N1CCc2[nH]nc(-c3cc(Cl)c(O)cc3O)c2C1. The van der Waals surface area contributed by atoms with Gasteiger partial charge in [0.25, 0.3) is 5.91 Å². The van der Waals surface area contributed by atoms with Gasteiger partial charge < -0.3 is 20.1 Å². The van der Waals surface area contributed by atoms with Crippen molar-refractivity contribution >= 4 is 28.4 Å². The first-order valence-electron chi connectivity index (χ1n) is 9.26. The van der Waals surface area contributed by atoms with Crippen LogP contribution in [0.5, 0.6) is 11.5 Å². The number of aromatic hydroxyl groups is 2. The summed E-state index contributed by atoms with van der Waals surface area (Å²) >= 11 is 6.00. The fourth-order valence-corrected chi connectivity index (χ4v) is 3.98. The van der Waals surface area contributed by atoms with Crippen LogP contribution in [-0.4, -0.2) is 42.7 Å². The van der Waals surface area contributed by atoms with E-state index in [4.69, 9.17) is 11.6 Å². The lowest BCUT2D eigenvalue weighted by Crippen LogP contribution is -2.36. The number of benzene rings is 2. The molecular weight excluding hydrogens is 411 g/mol. The maximum Gasteiger partial charge on any atom is 0.270 e. The second kappa shape index (κ2) is 6.77. The lowest BCUT2D eigenvalue weighted by atomic mass is 10.00. The van der Waals surface area contributed by atoms with Crippen LogP contribution >= 0.6 is 11.6 Å². The highest BCUT2D eigenvalue weighted by atomic mass is 35.5. The molecule has 2 aromatic carbocycles. The Bertz CT molecular complexity index is 1310.